The number of benzene rings is 2. The van der Waals surface area contributed by atoms with E-state index in [1.165, 1.54) is 6.07 Å². The van der Waals surface area contributed by atoms with Crippen molar-refractivity contribution in [2.45, 2.75) is 59.0 Å². The first kappa shape index (κ1) is 19.3. The molecule has 1 N–H and O–H groups in total. The minimum Gasteiger partial charge on any atom is -0.488 e. The van der Waals surface area contributed by atoms with Gasteiger partial charge in [0, 0.05) is 17.7 Å². The first-order chi connectivity index (χ1) is 12.9. The molecule has 0 heterocycles. The molecule has 1 saturated carbocycles. The average molecular weight is 373 g/mol. The maximum atomic E-state index is 13.4. The summed E-state index contributed by atoms with van der Waals surface area (Å²) in [6, 6.07) is 8.95. The molecule has 0 unspecified atom stereocenters. The van der Waals surface area contributed by atoms with Gasteiger partial charge in [0.15, 0.2) is 0 Å². The molecule has 1 aliphatic carbocycles. The van der Waals surface area contributed by atoms with Crippen molar-refractivity contribution in [1.82, 2.24) is 0 Å². The van der Waals surface area contributed by atoms with Crippen LogP contribution in [0.1, 0.15) is 66.3 Å². The highest BCUT2D eigenvalue weighted by atomic mass is 19.3. The third kappa shape index (κ3) is 4.46. The highest BCUT2D eigenvalue weighted by Crippen LogP contribution is 2.43. The van der Waals surface area contributed by atoms with E-state index in [0.29, 0.717) is 18.0 Å². The van der Waals surface area contributed by atoms with E-state index in [9.17, 15) is 13.6 Å². The number of amides is 1. The highest BCUT2D eigenvalue weighted by molar-refractivity contribution is 5.91. The summed E-state index contributed by atoms with van der Waals surface area (Å²) in [6.45, 7) is 5.63. The van der Waals surface area contributed by atoms with Crippen LogP contribution in [0.4, 0.5) is 14.5 Å². The van der Waals surface area contributed by atoms with Crippen LogP contribution in [0.15, 0.2) is 30.3 Å². The number of alkyl halides is 2. The summed E-state index contributed by atoms with van der Waals surface area (Å²) in [6.07, 6.45) is -0.0216. The molecule has 0 bridgehead atoms. The Bertz CT molecular complexity index is 844. The number of hydrogen-bond acceptors (Lipinski definition) is 2. The quantitative estimate of drug-likeness (QED) is 0.642. The fourth-order valence-electron chi connectivity index (χ4n) is 3.16. The van der Waals surface area contributed by atoms with Crippen LogP contribution >= 0.6 is 0 Å². The van der Waals surface area contributed by atoms with Crippen LogP contribution in [0.25, 0.3) is 0 Å². The van der Waals surface area contributed by atoms with Crippen LogP contribution in [-0.2, 0) is 11.4 Å². The Labute approximate surface area is 158 Å². The van der Waals surface area contributed by atoms with Crippen LogP contribution in [0, 0.1) is 13.8 Å². The molecule has 0 spiro atoms. The fraction of sp³-hybridized carbons (Fsp3) is 0.409. The largest absolute Gasteiger partial charge is 0.488 e. The van der Waals surface area contributed by atoms with Crippen LogP contribution < -0.4 is 10.1 Å². The minimum atomic E-state index is -2.60. The smallest absolute Gasteiger partial charge is 0.267 e. The third-order valence-electron chi connectivity index (χ3n) is 5.06. The monoisotopic (exact) mass is 373 g/mol. The van der Waals surface area contributed by atoms with Crippen LogP contribution in [0.5, 0.6) is 5.75 Å². The molecule has 0 radical (unpaired) electrons. The van der Waals surface area contributed by atoms with Crippen molar-refractivity contribution in [3.63, 3.8) is 0 Å². The zero-order valence-corrected chi connectivity index (χ0v) is 15.9. The van der Waals surface area contributed by atoms with Gasteiger partial charge >= 0.3 is 0 Å². The zero-order valence-electron chi connectivity index (χ0n) is 15.9. The highest BCUT2D eigenvalue weighted by Gasteiger charge is 2.28. The number of halogens is 2. The first-order valence-corrected chi connectivity index (χ1v) is 9.34. The Balaban J connectivity index is 1.91. The molecule has 5 heteroatoms. The van der Waals surface area contributed by atoms with Gasteiger partial charge < -0.3 is 10.1 Å². The molecule has 144 valence electrons. The molecule has 1 amide bonds. The Morgan fingerprint density at radius 2 is 1.93 bits per heavy atom. The maximum Gasteiger partial charge on any atom is 0.267 e. The van der Waals surface area contributed by atoms with Crippen molar-refractivity contribution in [2.75, 3.05) is 5.32 Å². The van der Waals surface area contributed by atoms with E-state index < -0.39 is 6.43 Å². The van der Waals surface area contributed by atoms with E-state index in [2.05, 4.69) is 5.32 Å². The van der Waals surface area contributed by atoms with Crippen molar-refractivity contribution < 1.29 is 18.3 Å². The molecule has 3 nitrogen and oxygen atoms in total. The first-order valence-electron chi connectivity index (χ1n) is 9.34. The molecule has 0 atom stereocenters. The van der Waals surface area contributed by atoms with E-state index in [1.807, 2.05) is 32.0 Å². The molecule has 1 aliphatic rings. The van der Waals surface area contributed by atoms with Crippen LogP contribution in [-0.4, -0.2) is 5.91 Å². The van der Waals surface area contributed by atoms with Gasteiger partial charge in [-0.1, -0.05) is 19.1 Å². The predicted octanol–water partition coefficient (Wildman–Crippen LogP) is 6.05. The lowest BCUT2D eigenvalue weighted by atomic mass is 10.0. The summed E-state index contributed by atoms with van der Waals surface area (Å²) in [5, 5.41) is 2.91. The lowest BCUT2D eigenvalue weighted by Gasteiger charge is -2.18. The minimum absolute atomic E-state index is 0.0800. The lowest BCUT2D eigenvalue weighted by Crippen LogP contribution is -2.13. The van der Waals surface area contributed by atoms with Crippen molar-refractivity contribution in [3.8, 4) is 5.75 Å². The third-order valence-corrected chi connectivity index (χ3v) is 5.06. The van der Waals surface area contributed by atoms with Gasteiger partial charge in [-0.05, 0) is 67.5 Å². The average Bonchev–Trinajstić information content (AvgIpc) is 3.47. The number of hydrogen-bond donors (Lipinski definition) is 1. The molecule has 0 saturated heterocycles. The van der Waals surface area contributed by atoms with E-state index in [1.54, 1.807) is 13.0 Å². The number of anilines is 1. The summed E-state index contributed by atoms with van der Waals surface area (Å²) in [5.41, 5.74) is 4.33. The molecule has 2 aromatic carbocycles. The Morgan fingerprint density at radius 1 is 1.22 bits per heavy atom. The van der Waals surface area contributed by atoms with Gasteiger partial charge in [0.05, 0.1) is 5.56 Å². The number of ether oxygens (including phenoxy) is 1. The second kappa shape index (κ2) is 8.07. The number of aryl methyl sites for hydroxylation is 2. The molecule has 3 rings (SSSR count). The number of nitrogens with one attached hydrogen (secondary N) is 1. The number of carbonyl (C=O) groups is 1. The molecule has 1 fully saturated rings. The van der Waals surface area contributed by atoms with E-state index in [-0.39, 0.29) is 23.8 Å². The zero-order chi connectivity index (χ0) is 19.6. The van der Waals surface area contributed by atoms with E-state index in [0.717, 1.165) is 35.1 Å². The van der Waals surface area contributed by atoms with Gasteiger partial charge in [-0.2, -0.15) is 0 Å². The topological polar surface area (TPSA) is 38.3 Å². The Hall–Kier alpha value is -2.43. The van der Waals surface area contributed by atoms with Crippen molar-refractivity contribution in [2.24, 2.45) is 0 Å². The summed E-state index contributed by atoms with van der Waals surface area (Å²) >= 11 is 0. The molecule has 27 heavy (non-hydrogen) atoms. The van der Waals surface area contributed by atoms with E-state index >= 15 is 0 Å². The molecule has 2 aromatic rings. The van der Waals surface area contributed by atoms with Gasteiger partial charge in [-0.3, -0.25) is 4.79 Å². The summed E-state index contributed by atoms with van der Waals surface area (Å²) in [7, 11) is 0. The normalized spacial score (nSPS) is 13.7. The standard InChI is InChI=1S/C22H25F2NO2/c1-4-21(26)25-19-7-5-6-16(15-8-9-15)18(19)12-27-20-11-14(3)13(2)10-17(20)22(23)24/h5-7,10-11,15,22H,4,8-9,12H2,1-3H3,(H,25,26). The number of rotatable bonds is 7. The summed E-state index contributed by atoms with van der Waals surface area (Å²) in [5.74, 6) is 0.575. The van der Waals surface area contributed by atoms with Crippen molar-refractivity contribution in [1.29, 1.82) is 0 Å². The second-order valence-electron chi connectivity index (χ2n) is 7.11. The van der Waals surface area contributed by atoms with Crippen LogP contribution in [0.2, 0.25) is 0 Å². The van der Waals surface area contributed by atoms with Gasteiger partial charge in [-0.25, -0.2) is 8.78 Å². The van der Waals surface area contributed by atoms with Gasteiger partial charge in [0.1, 0.15) is 12.4 Å². The fourth-order valence-corrected chi connectivity index (χ4v) is 3.16. The lowest BCUT2D eigenvalue weighted by molar-refractivity contribution is -0.115. The Morgan fingerprint density at radius 3 is 2.56 bits per heavy atom. The molecular weight excluding hydrogens is 348 g/mol. The van der Waals surface area contributed by atoms with Gasteiger partial charge in [-0.15, -0.1) is 0 Å². The van der Waals surface area contributed by atoms with Crippen molar-refractivity contribution in [3.05, 3.63) is 58.1 Å². The molecule has 0 aliphatic heterocycles. The van der Waals surface area contributed by atoms with E-state index in [4.69, 9.17) is 4.74 Å². The summed E-state index contributed by atoms with van der Waals surface area (Å²) < 4.78 is 32.7. The van der Waals surface area contributed by atoms with Gasteiger partial charge in [0.25, 0.3) is 6.43 Å². The molecular formula is C22H25F2NO2. The SMILES string of the molecule is CCC(=O)Nc1cccc(C2CC2)c1COc1cc(C)c(C)cc1C(F)F. The Kier molecular flexibility index (Phi) is 5.78. The predicted molar refractivity (Wildman–Crippen MR) is 103 cm³/mol. The number of carbonyl (C=O) groups excluding carboxylic acids is 1. The molecule has 0 aromatic heterocycles. The second-order valence-corrected chi connectivity index (χ2v) is 7.11. The van der Waals surface area contributed by atoms with Crippen molar-refractivity contribution >= 4 is 11.6 Å². The van der Waals surface area contributed by atoms with Crippen LogP contribution in [0.3, 0.4) is 0 Å². The summed E-state index contributed by atoms with van der Waals surface area (Å²) in [4.78, 5) is 11.9. The maximum absolute atomic E-state index is 13.4. The van der Waals surface area contributed by atoms with Gasteiger partial charge in [0.2, 0.25) is 5.91 Å².